The van der Waals surface area contributed by atoms with Gasteiger partial charge in [-0.15, -0.1) is 0 Å². The summed E-state index contributed by atoms with van der Waals surface area (Å²) >= 11 is 0. The Morgan fingerprint density at radius 2 is 2.04 bits per heavy atom. The lowest BCUT2D eigenvalue weighted by Crippen LogP contribution is -2.40. The highest BCUT2D eigenvalue weighted by molar-refractivity contribution is 7.89. The van der Waals surface area contributed by atoms with Crippen molar-refractivity contribution in [3.05, 3.63) is 42.4 Å². The summed E-state index contributed by atoms with van der Waals surface area (Å²) in [5, 5.41) is 1.62. The topological polar surface area (TPSA) is 79.0 Å². The highest BCUT2D eigenvalue weighted by atomic mass is 32.2. The first-order chi connectivity index (χ1) is 12.7. The molecule has 1 aliphatic rings. The highest BCUT2D eigenvalue weighted by Gasteiger charge is 2.39. The molecule has 0 aromatic carbocycles. The molecule has 0 radical (unpaired) electrons. The Kier molecular flexibility index (Phi) is 4.19. The number of aromatic nitrogens is 3. The molecule has 0 saturated carbocycles. The predicted molar refractivity (Wildman–Crippen MR) is 95.4 cm³/mol. The lowest BCUT2D eigenvalue weighted by Gasteiger charge is -2.27. The van der Waals surface area contributed by atoms with Crippen LogP contribution in [0.2, 0.25) is 0 Å². The van der Waals surface area contributed by atoms with Crippen LogP contribution >= 0.6 is 0 Å². The number of hydrogen-bond acceptors (Lipinski definition) is 4. The Hall–Kier alpha value is -2.46. The number of rotatable bonds is 3. The molecule has 142 valence electrons. The number of H-pyrrole nitrogens is 1. The molecule has 0 saturated heterocycles. The van der Waals surface area contributed by atoms with Crippen molar-refractivity contribution in [3.8, 4) is 0 Å². The van der Waals surface area contributed by atoms with Crippen LogP contribution in [0.5, 0.6) is 0 Å². The van der Waals surface area contributed by atoms with Gasteiger partial charge in [0.1, 0.15) is 0 Å². The summed E-state index contributed by atoms with van der Waals surface area (Å²) in [7, 11) is -4.43. The lowest BCUT2D eigenvalue weighted by molar-refractivity contribution is -0.107. The van der Waals surface area contributed by atoms with Crippen molar-refractivity contribution in [2.24, 2.45) is 0 Å². The monoisotopic (exact) mass is 396 g/mol. The lowest BCUT2D eigenvalue weighted by atomic mass is 9.98. The maximum absolute atomic E-state index is 12.6. The van der Waals surface area contributed by atoms with Crippen LogP contribution in [-0.2, 0) is 10.0 Å². The van der Waals surface area contributed by atoms with Gasteiger partial charge in [0.05, 0.1) is 11.7 Å². The highest BCUT2D eigenvalue weighted by Crippen LogP contribution is 2.32. The zero-order valence-corrected chi connectivity index (χ0v) is 14.8. The third kappa shape index (κ3) is 3.42. The van der Waals surface area contributed by atoms with Crippen LogP contribution in [0.3, 0.4) is 0 Å². The minimum Gasteiger partial charge on any atom is -0.360 e. The SMILES string of the molecule is O=S(=O)(CC(F)(F)F)N1CCC=C(c2cc[nH]c3cnc4nccc4c23)C1. The number of fused-ring (bicyclic) bond motifs is 3. The summed E-state index contributed by atoms with van der Waals surface area (Å²) in [6, 6.07) is 3.60. The van der Waals surface area contributed by atoms with Crippen LogP contribution in [0.25, 0.3) is 27.5 Å². The molecule has 0 unspecified atom stereocenters. The van der Waals surface area contributed by atoms with Gasteiger partial charge in [-0.05, 0) is 29.7 Å². The maximum atomic E-state index is 12.6. The van der Waals surface area contributed by atoms with E-state index in [9.17, 15) is 21.6 Å². The number of nitrogens with zero attached hydrogens (tertiary/aromatic N) is 3. The molecule has 10 heteroatoms. The van der Waals surface area contributed by atoms with Crippen molar-refractivity contribution in [2.75, 3.05) is 18.8 Å². The quantitative estimate of drug-likeness (QED) is 0.738. The number of pyridine rings is 2. The summed E-state index contributed by atoms with van der Waals surface area (Å²) in [6.07, 6.45) is 2.41. The number of alkyl halides is 3. The van der Waals surface area contributed by atoms with Gasteiger partial charge in [0.2, 0.25) is 10.0 Å². The molecule has 1 aliphatic heterocycles. The molecule has 0 aliphatic carbocycles. The third-order valence-electron chi connectivity index (χ3n) is 4.49. The molecule has 4 heterocycles. The number of aromatic amines is 1. The molecular weight excluding hydrogens is 381 g/mol. The minimum atomic E-state index is -4.77. The van der Waals surface area contributed by atoms with Gasteiger partial charge in [-0.3, -0.25) is 0 Å². The van der Waals surface area contributed by atoms with Gasteiger partial charge < -0.3 is 4.98 Å². The van der Waals surface area contributed by atoms with Gasteiger partial charge in [0, 0.05) is 36.3 Å². The van der Waals surface area contributed by atoms with Crippen molar-refractivity contribution in [3.63, 3.8) is 0 Å². The van der Waals surface area contributed by atoms with Gasteiger partial charge >= 0.3 is 6.18 Å². The van der Waals surface area contributed by atoms with Crippen LogP contribution < -0.4 is 0 Å². The molecule has 0 fully saturated rings. The second-order valence-corrected chi connectivity index (χ2v) is 8.31. The molecule has 27 heavy (non-hydrogen) atoms. The van der Waals surface area contributed by atoms with Crippen molar-refractivity contribution in [1.82, 2.24) is 19.3 Å². The first-order valence-corrected chi connectivity index (χ1v) is 9.80. The molecule has 3 aromatic rings. The van der Waals surface area contributed by atoms with E-state index in [1.807, 2.05) is 12.1 Å². The van der Waals surface area contributed by atoms with Gasteiger partial charge in [-0.25, -0.2) is 18.4 Å². The molecular formula is C17H15F3N4O2S. The first kappa shape index (κ1) is 17.9. The zero-order chi connectivity index (χ0) is 19.2. The number of halogens is 3. The summed E-state index contributed by atoms with van der Waals surface area (Å²) in [6.45, 7) is -0.0663. The Morgan fingerprint density at radius 1 is 1.22 bits per heavy atom. The summed E-state index contributed by atoms with van der Waals surface area (Å²) in [4.78, 5) is 11.5. The van der Waals surface area contributed by atoms with Gasteiger partial charge in [-0.2, -0.15) is 17.5 Å². The van der Waals surface area contributed by atoms with Crippen molar-refractivity contribution in [1.29, 1.82) is 0 Å². The minimum absolute atomic E-state index is 0.0354. The smallest absolute Gasteiger partial charge is 0.360 e. The van der Waals surface area contributed by atoms with Crippen molar-refractivity contribution >= 4 is 37.5 Å². The fourth-order valence-corrected chi connectivity index (χ4v) is 4.69. The van der Waals surface area contributed by atoms with E-state index in [1.54, 1.807) is 24.7 Å². The average Bonchev–Trinajstić information content (AvgIpc) is 3.08. The van der Waals surface area contributed by atoms with E-state index in [1.165, 1.54) is 0 Å². The van der Waals surface area contributed by atoms with Gasteiger partial charge in [0.25, 0.3) is 0 Å². The van der Waals surface area contributed by atoms with Gasteiger partial charge in [-0.1, -0.05) is 6.08 Å². The number of nitrogens with one attached hydrogen (secondary N) is 1. The Balaban J connectivity index is 1.76. The van der Waals surface area contributed by atoms with E-state index < -0.39 is 22.0 Å². The normalized spacial score (nSPS) is 16.8. The fraction of sp³-hybridized carbons (Fsp3) is 0.294. The predicted octanol–water partition coefficient (Wildman–Crippen LogP) is 3.09. The van der Waals surface area contributed by atoms with E-state index in [0.717, 1.165) is 26.2 Å². The maximum Gasteiger partial charge on any atom is 0.404 e. The van der Waals surface area contributed by atoms with E-state index in [4.69, 9.17) is 0 Å². The van der Waals surface area contributed by atoms with Crippen LogP contribution in [0.15, 0.2) is 36.8 Å². The van der Waals surface area contributed by atoms with E-state index in [2.05, 4.69) is 15.0 Å². The molecule has 0 atom stereocenters. The largest absolute Gasteiger partial charge is 0.404 e. The van der Waals surface area contributed by atoms with Crippen LogP contribution in [0.1, 0.15) is 12.0 Å². The Morgan fingerprint density at radius 3 is 2.81 bits per heavy atom. The van der Waals surface area contributed by atoms with E-state index >= 15 is 0 Å². The summed E-state index contributed by atoms with van der Waals surface area (Å²) < 4.78 is 63.1. The second kappa shape index (κ2) is 6.31. The average molecular weight is 396 g/mol. The number of sulfonamides is 1. The molecule has 6 nitrogen and oxygen atoms in total. The second-order valence-electron chi connectivity index (χ2n) is 6.34. The van der Waals surface area contributed by atoms with Crippen LogP contribution in [0.4, 0.5) is 13.2 Å². The number of hydrogen-bond donors (Lipinski definition) is 1. The Bertz CT molecular complexity index is 1150. The zero-order valence-electron chi connectivity index (χ0n) is 14.0. The fourth-order valence-electron chi connectivity index (χ4n) is 3.37. The summed E-state index contributed by atoms with van der Waals surface area (Å²) in [5.74, 6) is -1.85. The van der Waals surface area contributed by atoms with Crippen LogP contribution in [0, 0.1) is 0 Å². The van der Waals surface area contributed by atoms with Crippen LogP contribution in [-0.4, -0.2) is 52.7 Å². The molecule has 0 spiro atoms. The Labute approximate surface area is 152 Å². The molecule has 4 rings (SSSR count). The van der Waals surface area contributed by atoms with Crippen molar-refractivity contribution in [2.45, 2.75) is 12.6 Å². The molecule has 1 N–H and O–H groups in total. The molecule has 0 bridgehead atoms. The molecule has 0 amide bonds. The molecule has 3 aromatic heterocycles. The van der Waals surface area contributed by atoms with E-state index in [-0.39, 0.29) is 13.1 Å². The first-order valence-electron chi connectivity index (χ1n) is 8.19. The standard InChI is InChI=1S/C17H15F3N4O2S/c18-17(19,20)10-27(25,26)24-7-1-2-11(9-24)12-3-5-21-14-8-23-16-13(15(12)14)4-6-22-16/h2-6,8,21H,1,7,9-10H2. The van der Waals surface area contributed by atoms with Crippen molar-refractivity contribution < 1.29 is 21.6 Å². The third-order valence-corrected chi connectivity index (χ3v) is 6.28. The summed E-state index contributed by atoms with van der Waals surface area (Å²) in [5.41, 5.74) is 2.72. The van der Waals surface area contributed by atoms with Gasteiger partial charge in [0.15, 0.2) is 11.4 Å². The van der Waals surface area contributed by atoms with E-state index in [0.29, 0.717) is 17.6 Å².